The van der Waals surface area contributed by atoms with E-state index in [1.807, 2.05) is 12.1 Å². The Morgan fingerprint density at radius 3 is 2.73 bits per heavy atom. The number of amides is 1. The molecule has 5 heteroatoms. The van der Waals surface area contributed by atoms with Gasteiger partial charge >= 0.3 is 5.97 Å². The van der Waals surface area contributed by atoms with Crippen molar-refractivity contribution in [3.05, 3.63) is 64.5 Å². The normalized spacial score (nSPS) is 19.4. The molecule has 0 radical (unpaired) electrons. The van der Waals surface area contributed by atoms with Gasteiger partial charge in [0.2, 0.25) is 0 Å². The summed E-state index contributed by atoms with van der Waals surface area (Å²) < 4.78 is 7.69. The predicted molar refractivity (Wildman–Crippen MR) is 117 cm³/mol. The zero-order valence-electron chi connectivity index (χ0n) is 18.0. The molecule has 1 aromatic carbocycles. The van der Waals surface area contributed by atoms with E-state index in [1.54, 1.807) is 13.0 Å². The van der Waals surface area contributed by atoms with E-state index in [-0.39, 0.29) is 11.9 Å². The van der Waals surface area contributed by atoms with E-state index >= 15 is 0 Å². The zero-order valence-corrected chi connectivity index (χ0v) is 18.0. The summed E-state index contributed by atoms with van der Waals surface area (Å²) >= 11 is 0. The number of benzene rings is 1. The minimum atomic E-state index is -0.838. The van der Waals surface area contributed by atoms with Gasteiger partial charge in [0, 0.05) is 23.5 Å². The van der Waals surface area contributed by atoms with E-state index < -0.39 is 12.1 Å². The van der Waals surface area contributed by atoms with Gasteiger partial charge in [-0.05, 0) is 81.7 Å². The fourth-order valence-corrected chi connectivity index (χ4v) is 4.48. The van der Waals surface area contributed by atoms with Crippen molar-refractivity contribution in [2.24, 2.45) is 0 Å². The Kier molecular flexibility index (Phi) is 5.80. The monoisotopic (exact) mass is 406 g/mol. The van der Waals surface area contributed by atoms with Gasteiger partial charge in [-0.3, -0.25) is 4.79 Å². The van der Waals surface area contributed by atoms with Gasteiger partial charge in [0.25, 0.3) is 5.91 Å². The number of nitrogens with one attached hydrogen (secondary N) is 1. The van der Waals surface area contributed by atoms with Crippen molar-refractivity contribution in [2.75, 3.05) is 0 Å². The van der Waals surface area contributed by atoms with Gasteiger partial charge in [0.15, 0.2) is 6.10 Å². The van der Waals surface area contributed by atoms with Crippen molar-refractivity contribution >= 4 is 18.0 Å². The number of carbonyl (C=O) groups excluding carboxylic acids is 2. The van der Waals surface area contributed by atoms with Crippen LogP contribution in [0.3, 0.4) is 0 Å². The summed E-state index contributed by atoms with van der Waals surface area (Å²) in [5.74, 6) is -0.761. The predicted octanol–water partition coefficient (Wildman–Crippen LogP) is 4.58. The van der Waals surface area contributed by atoms with Crippen LogP contribution >= 0.6 is 0 Å². The molecule has 1 saturated carbocycles. The number of carbonyl (C=O) groups is 2. The molecule has 0 aliphatic heterocycles. The summed E-state index contributed by atoms with van der Waals surface area (Å²) in [5, 5.41) is 3.05. The van der Waals surface area contributed by atoms with Crippen LogP contribution < -0.4 is 5.32 Å². The molecule has 158 valence electrons. The Morgan fingerprint density at radius 1 is 1.20 bits per heavy atom. The third kappa shape index (κ3) is 4.35. The summed E-state index contributed by atoms with van der Waals surface area (Å²) in [7, 11) is 0. The van der Waals surface area contributed by atoms with Crippen molar-refractivity contribution in [1.82, 2.24) is 9.88 Å². The lowest BCUT2D eigenvalue weighted by Gasteiger charge is -2.27. The third-order valence-electron chi connectivity index (χ3n) is 6.18. The molecule has 0 unspecified atom stereocenters. The Morgan fingerprint density at radius 2 is 1.97 bits per heavy atom. The summed E-state index contributed by atoms with van der Waals surface area (Å²) in [4.78, 5) is 24.9. The van der Waals surface area contributed by atoms with Crippen LogP contribution in [0.2, 0.25) is 0 Å². The minimum Gasteiger partial charge on any atom is -0.449 e. The second-order valence-corrected chi connectivity index (χ2v) is 8.49. The van der Waals surface area contributed by atoms with Crippen LogP contribution in [0.15, 0.2) is 36.4 Å². The SMILES string of the molecule is Cc1cc(/C=C/C(=O)O[C@H](C)C(=O)N[C@@H]2CCCc3ccccc32)c(C)n1C1CC1. The molecule has 2 aliphatic rings. The molecule has 1 amide bonds. The maximum absolute atomic E-state index is 12.6. The molecule has 1 heterocycles. The molecule has 5 nitrogen and oxygen atoms in total. The lowest BCUT2D eigenvalue weighted by Crippen LogP contribution is -2.39. The molecule has 0 spiro atoms. The van der Waals surface area contributed by atoms with Crippen LogP contribution in [-0.2, 0) is 20.7 Å². The molecule has 1 N–H and O–H groups in total. The average molecular weight is 407 g/mol. The molecule has 1 fully saturated rings. The van der Waals surface area contributed by atoms with Crippen LogP contribution in [0.1, 0.15) is 72.8 Å². The molecule has 1 aromatic heterocycles. The van der Waals surface area contributed by atoms with Gasteiger partial charge in [0.05, 0.1) is 6.04 Å². The topological polar surface area (TPSA) is 60.3 Å². The largest absolute Gasteiger partial charge is 0.449 e. The highest BCUT2D eigenvalue weighted by molar-refractivity contribution is 5.90. The maximum atomic E-state index is 12.6. The van der Waals surface area contributed by atoms with Crippen molar-refractivity contribution in [3.63, 3.8) is 0 Å². The zero-order chi connectivity index (χ0) is 21.3. The van der Waals surface area contributed by atoms with Gasteiger partial charge in [-0.2, -0.15) is 0 Å². The highest BCUT2D eigenvalue weighted by atomic mass is 16.5. The molecular formula is C25H30N2O3. The first-order valence-electron chi connectivity index (χ1n) is 10.9. The summed E-state index contributed by atoms with van der Waals surface area (Å²) in [6.07, 6.45) is 7.79. The van der Waals surface area contributed by atoms with Crippen molar-refractivity contribution in [3.8, 4) is 0 Å². The first-order valence-corrected chi connectivity index (χ1v) is 10.9. The Bertz CT molecular complexity index is 984. The molecule has 2 aromatic rings. The van der Waals surface area contributed by atoms with Gasteiger partial charge < -0.3 is 14.6 Å². The molecule has 0 bridgehead atoms. The van der Waals surface area contributed by atoms with E-state index in [4.69, 9.17) is 4.74 Å². The second kappa shape index (κ2) is 8.50. The Hall–Kier alpha value is -2.82. The molecule has 2 atom stereocenters. The molecule has 2 aliphatic carbocycles. The number of hydrogen-bond acceptors (Lipinski definition) is 3. The van der Waals surface area contributed by atoms with Crippen LogP contribution in [0.25, 0.3) is 6.08 Å². The van der Waals surface area contributed by atoms with E-state index in [1.165, 1.54) is 41.4 Å². The average Bonchev–Trinajstić information content (AvgIpc) is 3.51. The van der Waals surface area contributed by atoms with Crippen molar-refractivity contribution < 1.29 is 14.3 Å². The smallest absolute Gasteiger partial charge is 0.331 e. The number of esters is 1. The van der Waals surface area contributed by atoms with Crippen molar-refractivity contribution in [2.45, 2.75) is 71.1 Å². The summed E-state index contributed by atoms with van der Waals surface area (Å²) in [6, 6.07) is 10.9. The quantitative estimate of drug-likeness (QED) is 0.564. The molecule has 4 rings (SSSR count). The lowest BCUT2D eigenvalue weighted by atomic mass is 9.87. The van der Waals surface area contributed by atoms with E-state index in [0.717, 1.165) is 24.8 Å². The standard InChI is InChI=1S/C25H30N2O3/c1-16-15-20(17(2)27(16)21-12-13-21)11-14-24(28)30-18(3)25(29)26-23-10-6-8-19-7-4-5-9-22(19)23/h4-5,7,9,11,14-15,18,21,23H,6,8,10,12-13H2,1-3H3,(H,26,29)/b14-11+/t18-,23-/m1/s1. The number of fused-ring (bicyclic) bond motifs is 1. The Balaban J connectivity index is 1.34. The van der Waals surface area contributed by atoms with Gasteiger partial charge in [-0.15, -0.1) is 0 Å². The fourth-order valence-electron chi connectivity index (χ4n) is 4.48. The number of hydrogen-bond donors (Lipinski definition) is 1. The molecule has 0 saturated heterocycles. The summed E-state index contributed by atoms with van der Waals surface area (Å²) in [5.41, 5.74) is 5.85. The van der Waals surface area contributed by atoms with E-state index in [0.29, 0.717) is 6.04 Å². The van der Waals surface area contributed by atoms with Crippen LogP contribution in [-0.4, -0.2) is 22.5 Å². The molecule has 30 heavy (non-hydrogen) atoms. The number of aromatic nitrogens is 1. The lowest BCUT2D eigenvalue weighted by molar-refractivity contribution is -0.150. The Labute approximate surface area is 178 Å². The third-order valence-corrected chi connectivity index (χ3v) is 6.18. The highest BCUT2D eigenvalue weighted by Gasteiger charge is 2.27. The van der Waals surface area contributed by atoms with Gasteiger partial charge in [-0.1, -0.05) is 24.3 Å². The van der Waals surface area contributed by atoms with Crippen LogP contribution in [0.4, 0.5) is 0 Å². The van der Waals surface area contributed by atoms with Crippen LogP contribution in [0.5, 0.6) is 0 Å². The van der Waals surface area contributed by atoms with Crippen molar-refractivity contribution in [1.29, 1.82) is 0 Å². The first kappa shape index (κ1) is 20.5. The van der Waals surface area contributed by atoms with Crippen LogP contribution in [0, 0.1) is 13.8 Å². The highest BCUT2D eigenvalue weighted by Crippen LogP contribution is 2.38. The first-order chi connectivity index (χ1) is 14.4. The number of ether oxygens (including phenoxy) is 1. The second-order valence-electron chi connectivity index (χ2n) is 8.49. The fraction of sp³-hybridized carbons (Fsp3) is 0.440. The maximum Gasteiger partial charge on any atom is 0.331 e. The number of rotatable bonds is 6. The van der Waals surface area contributed by atoms with Gasteiger partial charge in [0.1, 0.15) is 0 Å². The molecular weight excluding hydrogens is 376 g/mol. The van der Waals surface area contributed by atoms with E-state index in [9.17, 15) is 9.59 Å². The van der Waals surface area contributed by atoms with E-state index in [2.05, 4.69) is 41.9 Å². The number of aryl methyl sites for hydroxylation is 2. The number of nitrogens with zero attached hydrogens (tertiary/aromatic N) is 1. The minimum absolute atomic E-state index is 0.0213. The van der Waals surface area contributed by atoms with Gasteiger partial charge in [-0.25, -0.2) is 4.79 Å². The summed E-state index contributed by atoms with van der Waals surface area (Å²) in [6.45, 7) is 5.79.